The number of nitrogens with zero attached hydrogens (tertiary/aromatic N) is 1. The van der Waals surface area contributed by atoms with E-state index in [2.05, 4.69) is 0 Å². The first-order chi connectivity index (χ1) is 12.5. The first-order valence-corrected chi connectivity index (χ1v) is 10.0. The summed E-state index contributed by atoms with van der Waals surface area (Å²) in [5, 5.41) is 0.689. The molecule has 3 aliphatic rings. The van der Waals surface area contributed by atoms with Crippen molar-refractivity contribution in [2.45, 2.75) is 57.5 Å². The Bertz CT molecular complexity index is 784. The summed E-state index contributed by atoms with van der Waals surface area (Å²) in [4.78, 5) is 26.8. The van der Waals surface area contributed by atoms with Gasteiger partial charge >= 0.3 is 0 Å². The molecule has 1 unspecified atom stereocenters. The minimum atomic E-state index is -0.279. The lowest BCUT2D eigenvalue weighted by molar-refractivity contribution is -0.128. The number of halogens is 2. The highest BCUT2D eigenvalue weighted by Crippen LogP contribution is 2.41. The van der Waals surface area contributed by atoms with Crippen LogP contribution in [-0.2, 0) is 9.59 Å². The molecule has 1 aromatic rings. The fourth-order valence-electron chi connectivity index (χ4n) is 4.08. The van der Waals surface area contributed by atoms with Gasteiger partial charge in [-0.05, 0) is 51.0 Å². The molecule has 2 bridgehead atoms. The zero-order valence-electron chi connectivity index (χ0n) is 14.5. The quantitative estimate of drug-likeness (QED) is 0.654. The van der Waals surface area contributed by atoms with Gasteiger partial charge in [-0.25, -0.2) is 4.90 Å². The average Bonchev–Trinajstić information content (AvgIpc) is 2.65. The van der Waals surface area contributed by atoms with E-state index in [1.165, 1.54) is 11.3 Å². The SMILES string of the molecule is O=C1C2=CC(CCC2)C(=O)N1c1cc(OC2CCCCC2)c(Cl)cc1Cl. The van der Waals surface area contributed by atoms with Crippen LogP contribution in [0.1, 0.15) is 51.4 Å². The van der Waals surface area contributed by atoms with Crippen LogP contribution in [-0.4, -0.2) is 17.9 Å². The van der Waals surface area contributed by atoms with Gasteiger partial charge in [0, 0.05) is 11.6 Å². The number of carbonyl (C=O) groups excluding carboxylic acids is 2. The number of ether oxygens (including phenoxy) is 1. The van der Waals surface area contributed by atoms with Crippen LogP contribution in [0, 0.1) is 5.92 Å². The fourth-order valence-corrected chi connectivity index (χ4v) is 4.59. The summed E-state index contributed by atoms with van der Waals surface area (Å²) in [7, 11) is 0. The van der Waals surface area contributed by atoms with Gasteiger partial charge in [0.05, 0.1) is 27.8 Å². The van der Waals surface area contributed by atoms with Gasteiger partial charge in [0.15, 0.2) is 0 Å². The molecule has 0 aromatic heterocycles. The molecule has 2 aliphatic carbocycles. The molecule has 4 nitrogen and oxygen atoms in total. The molecule has 1 heterocycles. The molecule has 0 N–H and O–H groups in total. The summed E-state index contributed by atoms with van der Waals surface area (Å²) in [6.45, 7) is 0. The van der Waals surface area contributed by atoms with Crippen LogP contribution in [0.25, 0.3) is 0 Å². The van der Waals surface area contributed by atoms with Crippen molar-refractivity contribution in [3.63, 3.8) is 0 Å². The largest absolute Gasteiger partial charge is 0.489 e. The third-order valence-corrected chi connectivity index (χ3v) is 6.07. The first-order valence-electron chi connectivity index (χ1n) is 9.29. The van der Waals surface area contributed by atoms with Gasteiger partial charge in [0.2, 0.25) is 5.91 Å². The maximum atomic E-state index is 12.8. The molecular weight excluding hydrogens is 373 g/mol. The van der Waals surface area contributed by atoms with Crippen LogP contribution in [0.2, 0.25) is 10.0 Å². The highest BCUT2D eigenvalue weighted by molar-refractivity contribution is 6.39. The van der Waals surface area contributed by atoms with Crippen molar-refractivity contribution < 1.29 is 14.3 Å². The summed E-state index contributed by atoms with van der Waals surface area (Å²) >= 11 is 12.7. The Morgan fingerprint density at radius 1 is 0.962 bits per heavy atom. The third kappa shape index (κ3) is 3.25. The van der Waals surface area contributed by atoms with Gasteiger partial charge in [-0.3, -0.25) is 9.59 Å². The van der Waals surface area contributed by atoms with Crippen LogP contribution in [0.15, 0.2) is 23.8 Å². The van der Waals surface area contributed by atoms with E-state index in [-0.39, 0.29) is 28.9 Å². The van der Waals surface area contributed by atoms with E-state index in [1.54, 1.807) is 12.1 Å². The highest BCUT2D eigenvalue weighted by Gasteiger charge is 2.39. The van der Waals surface area contributed by atoms with Crippen LogP contribution >= 0.6 is 23.2 Å². The van der Waals surface area contributed by atoms with Gasteiger partial charge in [-0.1, -0.05) is 35.7 Å². The number of benzene rings is 1. The topological polar surface area (TPSA) is 46.6 Å². The molecule has 4 rings (SSSR count). The van der Waals surface area contributed by atoms with Gasteiger partial charge in [0.25, 0.3) is 5.91 Å². The second kappa shape index (κ2) is 7.24. The number of fused-ring (bicyclic) bond motifs is 1. The molecule has 0 radical (unpaired) electrons. The van der Waals surface area contributed by atoms with E-state index in [0.717, 1.165) is 38.5 Å². The summed E-state index contributed by atoms with van der Waals surface area (Å²) < 4.78 is 6.08. The normalized spacial score (nSPS) is 23.8. The number of anilines is 1. The highest BCUT2D eigenvalue weighted by atomic mass is 35.5. The Labute approximate surface area is 163 Å². The van der Waals surface area contributed by atoms with Crippen molar-refractivity contribution in [3.05, 3.63) is 33.8 Å². The molecule has 0 saturated heterocycles. The lowest BCUT2D eigenvalue weighted by Gasteiger charge is -2.34. The molecule has 1 atom stereocenters. The van der Waals surface area contributed by atoms with Crippen molar-refractivity contribution in [1.82, 2.24) is 0 Å². The van der Waals surface area contributed by atoms with Crippen LogP contribution in [0.4, 0.5) is 5.69 Å². The first kappa shape index (κ1) is 17.9. The summed E-state index contributed by atoms with van der Waals surface area (Å²) in [6, 6.07) is 3.21. The van der Waals surface area contributed by atoms with Crippen molar-refractivity contribution in [3.8, 4) is 5.75 Å². The Morgan fingerprint density at radius 2 is 1.73 bits per heavy atom. The van der Waals surface area contributed by atoms with Crippen LogP contribution < -0.4 is 9.64 Å². The molecule has 0 spiro atoms. The molecule has 1 aliphatic heterocycles. The Kier molecular flexibility index (Phi) is 4.98. The van der Waals surface area contributed by atoms with E-state index in [1.807, 2.05) is 6.08 Å². The minimum absolute atomic E-state index is 0.116. The Morgan fingerprint density at radius 3 is 2.50 bits per heavy atom. The van der Waals surface area contributed by atoms with Gasteiger partial charge in [0.1, 0.15) is 5.75 Å². The lowest BCUT2D eigenvalue weighted by atomic mass is 9.85. The second-order valence-electron chi connectivity index (χ2n) is 7.28. The molecule has 26 heavy (non-hydrogen) atoms. The van der Waals surface area contributed by atoms with Crippen LogP contribution in [0.3, 0.4) is 0 Å². The van der Waals surface area contributed by atoms with E-state index >= 15 is 0 Å². The zero-order valence-corrected chi connectivity index (χ0v) is 16.0. The molecule has 6 heteroatoms. The van der Waals surface area contributed by atoms with Gasteiger partial charge < -0.3 is 4.74 Å². The minimum Gasteiger partial charge on any atom is -0.489 e. The van der Waals surface area contributed by atoms with Crippen molar-refractivity contribution in [2.24, 2.45) is 5.92 Å². The van der Waals surface area contributed by atoms with Crippen LogP contribution in [0.5, 0.6) is 5.75 Å². The molecule has 1 aromatic carbocycles. The Hall–Kier alpha value is -1.52. The standard InChI is InChI=1S/C20H21Cl2NO3/c21-15-10-16(22)18(26-14-7-2-1-3-8-14)11-17(15)23-19(24)12-5-4-6-13(9-12)20(23)25/h9-12,14H,1-8H2. The predicted octanol–water partition coefficient (Wildman–Crippen LogP) is 5.30. The fraction of sp³-hybridized carbons (Fsp3) is 0.500. The number of hydrogen-bond donors (Lipinski definition) is 0. The third-order valence-electron chi connectivity index (χ3n) is 5.47. The maximum Gasteiger partial charge on any atom is 0.260 e. The molecule has 2 amide bonds. The number of hydrogen-bond acceptors (Lipinski definition) is 3. The number of rotatable bonds is 3. The summed E-state index contributed by atoms with van der Waals surface area (Å²) in [5.74, 6) is -0.251. The van der Waals surface area contributed by atoms with Crippen molar-refractivity contribution >= 4 is 40.7 Å². The van der Waals surface area contributed by atoms with E-state index in [4.69, 9.17) is 27.9 Å². The van der Waals surface area contributed by atoms with E-state index < -0.39 is 0 Å². The Balaban J connectivity index is 1.67. The average molecular weight is 394 g/mol. The zero-order chi connectivity index (χ0) is 18.3. The maximum absolute atomic E-state index is 12.8. The monoisotopic (exact) mass is 393 g/mol. The number of imide groups is 1. The lowest BCUT2D eigenvalue weighted by Crippen LogP contribution is -2.46. The summed E-state index contributed by atoms with van der Waals surface area (Å²) in [5.41, 5.74) is 1.07. The molecular formula is C20H21Cl2NO3. The number of amides is 2. The molecule has 1 fully saturated rings. The van der Waals surface area contributed by atoms with Gasteiger partial charge in [-0.15, -0.1) is 0 Å². The van der Waals surface area contributed by atoms with E-state index in [0.29, 0.717) is 28.5 Å². The smallest absolute Gasteiger partial charge is 0.260 e. The van der Waals surface area contributed by atoms with E-state index in [9.17, 15) is 9.59 Å². The molecule has 1 saturated carbocycles. The summed E-state index contributed by atoms with van der Waals surface area (Å²) in [6.07, 6.45) is 9.76. The van der Waals surface area contributed by atoms with Gasteiger partial charge in [-0.2, -0.15) is 0 Å². The second-order valence-corrected chi connectivity index (χ2v) is 8.10. The predicted molar refractivity (Wildman–Crippen MR) is 102 cm³/mol. The number of carbonyl (C=O) groups is 2. The van der Waals surface area contributed by atoms with Crippen molar-refractivity contribution in [1.29, 1.82) is 0 Å². The molecule has 138 valence electrons. The van der Waals surface area contributed by atoms with Crippen molar-refractivity contribution in [2.75, 3.05) is 4.90 Å².